The maximum absolute atomic E-state index is 6.14. The highest BCUT2D eigenvalue weighted by Gasteiger charge is 2.21. The van der Waals surface area contributed by atoms with Crippen LogP contribution in [-0.2, 0) is 24.4 Å². The van der Waals surface area contributed by atoms with E-state index in [0.29, 0.717) is 6.61 Å². The summed E-state index contributed by atoms with van der Waals surface area (Å²) in [5.74, 6) is 0. The topological polar surface area (TPSA) is 43.2 Å². The lowest BCUT2D eigenvalue weighted by Crippen LogP contribution is -2.39. The summed E-state index contributed by atoms with van der Waals surface area (Å²) in [6.07, 6.45) is 10.2. The second-order valence-electron chi connectivity index (χ2n) is 7.17. The molecule has 0 spiro atoms. The first-order valence-corrected chi connectivity index (χ1v) is 9.62. The van der Waals surface area contributed by atoms with Gasteiger partial charge < -0.3 is 9.30 Å². The molecule has 5 nitrogen and oxygen atoms in total. The Bertz CT molecular complexity index is 819. The van der Waals surface area contributed by atoms with Crippen LogP contribution in [0.4, 0.5) is 0 Å². The zero-order valence-corrected chi connectivity index (χ0v) is 15.6. The molecule has 5 heteroatoms. The normalized spacial score (nSPS) is 17.9. The van der Waals surface area contributed by atoms with E-state index < -0.39 is 0 Å². The number of aromatic nitrogens is 3. The monoisotopic (exact) mass is 362 g/mol. The van der Waals surface area contributed by atoms with Crippen molar-refractivity contribution in [3.05, 3.63) is 84.2 Å². The van der Waals surface area contributed by atoms with Crippen LogP contribution in [0, 0.1) is 0 Å². The van der Waals surface area contributed by atoms with Crippen LogP contribution in [0.1, 0.15) is 29.7 Å². The van der Waals surface area contributed by atoms with Crippen molar-refractivity contribution in [3.8, 4) is 0 Å². The molecule has 1 unspecified atom stereocenters. The van der Waals surface area contributed by atoms with Gasteiger partial charge in [0.2, 0.25) is 0 Å². The van der Waals surface area contributed by atoms with E-state index in [0.717, 1.165) is 38.2 Å². The number of nitrogens with zero attached hydrogens (tertiary/aromatic N) is 4. The molecule has 0 bridgehead atoms. The van der Waals surface area contributed by atoms with Gasteiger partial charge in [-0.1, -0.05) is 36.4 Å². The summed E-state index contributed by atoms with van der Waals surface area (Å²) >= 11 is 0. The van der Waals surface area contributed by atoms with Gasteiger partial charge in [-0.3, -0.25) is 9.88 Å². The molecule has 1 aliphatic heterocycles. The van der Waals surface area contributed by atoms with E-state index in [4.69, 9.17) is 4.74 Å². The summed E-state index contributed by atoms with van der Waals surface area (Å²) in [5, 5.41) is 0. The van der Waals surface area contributed by atoms with Gasteiger partial charge in [-0.2, -0.15) is 0 Å². The van der Waals surface area contributed by atoms with Gasteiger partial charge in [-0.15, -0.1) is 0 Å². The molecular formula is C22H26N4O. The van der Waals surface area contributed by atoms with Crippen molar-refractivity contribution < 1.29 is 4.74 Å². The van der Waals surface area contributed by atoms with E-state index in [2.05, 4.69) is 55.8 Å². The first kappa shape index (κ1) is 17.9. The summed E-state index contributed by atoms with van der Waals surface area (Å²) < 4.78 is 8.39. The van der Waals surface area contributed by atoms with Crippen molar-refractivity contribution in [2.45, 2.75) is 38.6 Å². The molecule has 1 aliphatic rings. The third-order valence-electron chi connectivity index (χ3n) is 5.05. The van der Waals surface area contributed by atoms with Crippen molar-refractivity contribution >= 4 is 0 Å². The molecule has 0 N–H and O–H groups in total. The largest absolute Gasteiger partial charge is 0.372 e. The zero-order valence-electron chi connectivity index (χ0n) is 15.6. The molecule has 0 radical (unpaired) electrons. The third kappa shape index (κ3) is 5.02. The van der Waals surface area contributed by atoms with Gasteiger partial charge in [0.15, 0.2) is 0 Å². The van der Waals surface area contributed by atoms with Crippen molar-refractivity contribution in [2.24, 2.45) is 0 Å². The molecular weight excluding hydrogens is 336 g/mol. The standard InChI is InChI=1S/C22H26N4O/c1-2-6-19(7-3-1)14-26-18-24-13-21(26)15-25-11-5-9-22(16-25)27-17-20-8-4-10-23-12-20/h1-4,6-8,10,12-13,18,22H,5,9,11,14-17H2. The fraction of sp³-hybridized carbons (Fsp3) is 0.364. The SMILES string of the molecule is c1ccc(Cn2cncc2CN2CCCC(OCc3cccnc3)C2)cc1. The summed E-state index contributed by atoms with van der Waals surface area (Å²) in [4.78, 5) is 11.0. The van der Waals surface area contributed by atoms with Crippen LogP contribution < -0.4 is 0 Å². The van der Waals surface area contributed by atoms with Crippen LogP contribution in [0.3, 0.4) is 0 Å². The zero-order chi connectivity index (χ0) is 18.3. The number of hydrogen-bond acceptors (Lipinski definition) is 4. The molecule has 0 amide bonds. The number of hydrogen-bond donors (Lipinski definition) is 0. The Hall–Kier alpha value is -2.50. The maximum Gasteiger partial charge on any atom is 0.0951 e. The lowest BCUT2D eigenvalue weighted by Gasteiger charge is -2.32. The Kier molecular flexibility index (Phi) is 5.92. The average molecular weight is 362 g/mol. The van der Waals surface area contributed by atoms with Crippen LogP contribution in [0.15, 0.2) is 67.4 Å². The second kappa shape index (κ2) is 8.93. The Balaban J connectivity index is 1.32. The van der Waals surface area contributed by atoms with Crippen LogP contribution in [0.25, 0.3) is 0 Å². The third-order valence-corrected chi connectivity index (χ3v) is 5.05. The number of piperidine rings is 1. The highest BCUT2D eigenvalue weighted by atomic mass is 16.5. The first-order chi connectivity index (χ1) is 13.4. The highest BCUT2D eigenvalue weighted by molar-refractivity contribution is 5.16. The van der Waals surface area contributed by atoms with E-state index in [-0.39, 0.29) is 6.10 Å². The molecule has 3 aromatic rings. The van der Waals surface area contributed by atoms with E-state index in [1.165, 1.54) is 17.7 Å². The molecule has 2 aromatic heterocycles. The molecule has 0 aliphatic carbocycles. The smallest absolute Gasteiger partial charge is 0.0951 e. The average Bonchev–Trinajstić information content (AvgIpc) is 3.15. The number of likely N-dealkylation sites (tertiary alicyclic amines) is 1. The van der Waals surface area contributed by atoms with E-state index in [1.807, 2.05) is 24.8 Å². The number of benzene rings is 1. The lowest BCUT2D eigenvalue weighted by molar-refractivity contribution is -0.0126. The summed E-state index contributed by atoms with van der Waals surface area (Å²) in [7, 11) is 0. The lowest BCUT2D eigenvalue weighted by atomic mass is 10.1. The molecule has 3 heterocycles. The van der Waals surface area contributed by atoms with Crippen LogP contribution in [0.2, 0.25) is 0 Å². The Morgan fingerprint density at radius 2 is 1.85 bits per heavy atom. The van der Waals surface area contributed by atoms with E-state index >= 15 is 0 Å². The Morgan fingerprint density at radius 1 is 0.963 bits per heavy atom. The number of ether oxygens (including phenoxy) is 1. The minimum atomic E-state index is 0.282. The number of imidazole rings is 1. The molecule has 1 saturated heterocycles. The molecule has 4 rings (SSSR count). The maximum atomic E-state index is 6.14. The van der Waals surface area contributed by atoms with Crippen molar-refractivity contribution in [1.82, 2.24) is 19.4 Å². The number of pyridine rings is 1. The fourth-order valence-corrected chi connectivity index (χ4v) is 3.62. The predicted octanol–water partition coefficient (Wildman–Crippen LogP) is 3.51. The van der Waals surface area contributed by atoms with Crippen molar-refractivity contribution in [3.63, 3.8) is 0 Å². The van der Waals surface area contributed by atoms with Gasteiger partial charge in [-0.05, 0) is 36.6 Å². The van der Waals surface area contributed by atoms with Crippen molar-refractivity contribution in [1.29, 1.82) is 0 Å². The van der Waals surface area contributed by atoms with Crippen molar-refractivity contribution in [2.75, 3.05) is 13.1 Å². The van der Waals surface area contributed by atoms with Gasteiger partial charge in [0.25, 0.3) is 0 Å². The molecule has 1 aromatic carbocycles. The predicted molar refractivity (Wildman–Crippen MR) is 105 cm³/mol. The van der Waals surface area contributed by atoms with Crippen LogP contribution >= 0.6 is 0 Å². The fourth-order valence-electron chi connectivity index (χ4n) is 3.62. The van der Waals surface area contributed by atoms with Gasteiger partial charge in [0.1, 0.15) is 0 Å². The minimum Gasteiger partial charge on any atom is -0.372 e. The Morgan fingerprint density at radius 3 is 2.70 bits per heavy atom. The number of rotatable bonds is 7. The molecule has 1 fully saturated rings. The quantitative estimate of drug-likeness (QED) is 0.645. The first-order valence-electron chi connectivity index (χ1n) is 9.62. The summed E-state index contributed by atoms with van der Waals surface area (Å²) in [5.41, 5.74) is 3.69. The summed E-state index contributed by atoms with van der Waals surface area (Å²) in [6, 6.07) is 14.6. The molecule has 140 valence electrons. The Labute approximate surface area is 160 Å². The van der Waals surface area contributed by atoms with E-state index in [1.54, 1.807) is 6.20 Å². The molecule has 0 saturated carbocycles. The molecule has 1 atom stereocenters. The van der Waals surface area contributed by atoms with Gasteiger partial charge >= 0.3 is 0 Å². The van der Waals surface area contributed by atoms with Crippen LogP contribution in [0.5, 0.6) is 0 Å². The minimum absolute atomic E-state index is 0.282. The second-order valence-corrected chi connectivity index (χ2v) is 7.17. The molecule has 27 heavy (non-hydrogen) atoms. The van der Waals surface area contributed by atoms with Crippen LogP contribution in [-0.4, -0.2) is 38.6 Å². The van der Waals surface area contributed by atoms with Gasteiger partial charge in [0, 0.05) is 38.2 Å². The summed E-state index contributed by atoms with van der Waals surface area (Å²) in [6.45, 7) is 4.50. The van der Waals surface area contributed by atoms with E-state index in [9.17, 15) is 0 Å². The highest BCUT2D eigenvalue weighted by Crippen LogP contribution is 2.18. The van der Waals surface area contributed by atoms with Gasteiger partial charge in [0.05, 0.1) is 24.7 Å². The van der Waals surface area contributed by atoms with Gasteiger partial charge in [-0.25, -0.2) is 4.98 Å².